The van der Waals surface area contributed by atoms with Gasteiger partial charge in [0.25, 0.3) is 0 Å². The predicted molar refractivity (Wildman–Crippen MR) is 223 cm³/mol. The fourth-order valence-electron chi connectivity index (χ4n) is 6.82. The van der Waals surface area contributed by atoms with Gasteiger partial charge in [0.15, 0.2) is 0 Å². The molecular weight excluding hydrogens is 836 g/mol. The van der Waals surface area contributed by atoms with Crippen molar-refractivity contribution in [1.82, 2.24) is 19.8 Å². The Morgan fingerprint density at radius 1 is 1.07 bits per heavy atom. The lowest BCUT2D eigenvalue weighted by Crippen LogP contribution is -2.54. The molecule has 0 saturated carbocycles. The molecule has 0 radical (unpaired) electrons. The minimum absolute atomic E-state index is 0.142. The summed E-state index contributed by atoms with van der Waals surface area (Å²) in [4.78, 5) is 47.3. The highest BCUT2D eigenvalue weighted by molar-refractivity contribution is 14.1. The topological polar surface area (TPSA) is 106 Å². The van der Waals surface area contributed by atoms with Gasteiger partial charge in [-0.3, -0.25) is 9.36 Å². The van der Waals surface area contributed by atoms with Crippen LogP contribution in [0.25, 0.3) is 27.7 Å². The third kappa shape index (κ3) is 8.97. The molecule has 2 heterocycles. The zero-order chi connectivity index (χ0) is 39.1. The maximum Gasteiger partial charge on any atom is 0.407 e. The van der Waals surface area contributed by atoms with Gasteiger partial charge in [-0.25, -0.2) is 14.0 Å². The molecule has 1 aromatic heterocycles. The lowest BCUT2D eigenvalue weighted by molar-refractivity contribution is -0.126. The third-order valence-corrected chi connectivity index (χ3v) is 10.9. The average molecular weight is 878 g/mol. The van der Waals surface area contributed by atoms with E-state index in [-0.39, 0.29) is 48.0 Å². The summed E-state index contributed by atoms with van der Waals surface area (Å²) in [5.74, 6) is -0.0171. The monoisotopic (exact) mass is 877 g/mol. The Balaban J connectivity index is 1.32. The second kappa shape index (κ2) is 18.1. The second-order valence-electron chi connectivity index (χ2n) is 13.2. The number of halogens is 3. The van der Waals surface area contributed by atoms with Gasteiger partial charge in [0.1, 0.15) is 24.0 Å². The van der Waals surface area contributed by atoms with Gasteiger partial charge in [-0.1, -0.05) is 74.0 Å². The number of fused-ring (bicyclic) bond motifs is 1. The number of piperazine rings is 1. The van der Waals surface area contributed by atoms with Crippen LogP contribution in [-0.4, -0.2) is 65.3 Å². The molecule has 0 spiro atoms. The lowest BCUT2D eigenvalue weighted by Gasteiger charge is -2.40. The average Bonchev–Trinajstić information content (AvgIpc) is 3.17. The molecule has 0 bridgehead atoms. The van der Waals surface area contributed by atoms with E-state index in [9.17, 15) is 14.4 Å². The first kappa shape index (κ1) is 39.7. The predicted octanol–water partition coefficient (Wildman–Crippen LogP) is 8.32. The first-order valence-electron chi connectivity index (χ1n) is 18.2. The van der Waals surface area contributed by atoms with E-state index in [1.807, 2.05) is 60.4 Å². The van der Waals surface area contributed by atoms with Gasteiger partial charge in [0.05, 0.1) is 23.4 Å². The quantitative estimate of drug-likeness (QED) is 0.0721. The number of carbonyl (C=O) groups excluding carboxylic acids is 2. The summed E-state index contributed by atoms with van der Waals surface area (Å²) < 4.78 is 30.0. The van der Waals surface area contributed by atoms with Crippen LogP contribution in [0.4, 0.5) is 15.0 Å². The Hall–Kier alpha value is -4.95. The van der Waals surface area contributed by atoms with Gasteiger partial charge in [-0.2, -0.15) is 4.98 Å². The number of carbonyl (C=O) groups is 2. The largest absolute Gasteiger partial charge is 0.493 e. The molecule has 6 rings (SSSR count). The first-order valence-corrected chi connectivity index (χ1v) is 19.6. The molecule has 10 nitrogen and oxygen atoms in total. The van der Waals surface area contributed by atoms with E-state index >= 15 is 4.39 Å². The summed E-state index contributed by atoms with van der Waals surface area (Å²) in [6.45, 7) is 9.54. The van der Waals surface area contributed by atoms with Gasteiger partial charge in [-0.15, -0.1) is 0 Å². The van der Waals surface area contributed by atoms with E-state index in [1.54, 1.807) is 33.7 Å². The Morgan fingerprint density at radius 3 is 2.58 bits per heavy atom. The van der Waals surface area contributed by atoms with Gasteiger partial charge >= 0.3 is 11.8 Å². The lowest BCUT2D eigenvalue weighted by atomic mass is 10.0. The highest BCUT2D eigenvalue weighted by Crippen LogP contribution is 2.41. The maximum atomic E-state index is 15.9. The molecule has 1 N–H and O–H groups in total. The fourth-order valence-corrected chi connectivity index (χ4v) is 7.63. The molecule has 286 valence electrons. The zero-order valence-corrected chi connectivity index (χ0v) is 33.6. The molecule has 13 heteroatoms. The Bertz CT molecular complexity index is 2280. The summed E-state index contributed by atoms with van der Waals surface area (Å²) >= 11 is 9.25. The van der Waals surface area contributed by atoms with E-state index in [0.29, 0.717) is 54.0 Å². The molecule has 1 aliphatic rings. The van der Waals surface area contributed by atoms with E-state index in [2.05, 4.69) is 46.4 Å². The third-order valence-electron chi connectivity index (χ3n) is 9.51. The molecule has 0 aliphatic carbocycles. The molecule has 1 atom stereocenters. The summed E-state index contributed by atoms with van der Waals surface area (Å²) in [7, 11) is 0. The van der Waals surface area contributed by atoms with E-state index < -0.39 is 17.6 Å². The van der Waals surface area contributed by atoms with Gasteiger partial charge in [-0.05, 0) is 90.4 Å². The van der Waals surface area contributed by atoms with E-state index in [0.717, 1.165) is 27.5 Å². The van der Waals surface area contributed by atoms with Crippen LogP contribution in [0.2, 0.25) is 5.02 Å². The van der Waals surface area contributed by atoms with Crippen LogP contribution in [0.15, 0.2) is 96.3 Å². The van der Waals surface area contributed by atoms with Crippen molar-refractivity contribution >= 4 is 62.9 Å². The van der Waals surface area contributed by atoms with Gasteiger partial charge in [0, 0.05) is 57.3 Å². The number of rotatable bonds is 13. The highest BCUT2D eigenvalue weighted by atomic mass is 127. The number of benzene rings is 4. The van der Waals surface area contributed by atoms with Gasteiger partial charge < -0.3 is 24.6 Å². The van der Waals surface area contributed by atoms with Crippen LogP contribution in [-0.2, 0) is 22.6 Å². The van der Waals surface area contributed by atoms with Crippen molar-refractivity contribution in [3.05, 3.63) is 128 Å². The van der Waals surface area contributed by atoms with Crippen molar-refractivity contribution < 1.29 is 23.5 Å². The van der Waals surface area contributed by atoms with Crippen molar-refractivity contribution in [2.45, 2.75) is 45.8 Å². The number of aryl methyl sites for hydroxylation is 1. The van der Waals surface area contributed by atoms with Crippen LogP contribution >= 0.6 is 34.2 Å². The fraction of sp³-hybridized carbons (Fsp3) is 0.286. The number of anilines is 1. The van der Waals surface area contributed by atoms with Crippen LogP contribution in [0, 0.1) is 9.39 Å². The number of ether oxygens (including phenoxy) is 2. The smallest absolute Gasteiger partial charge is 0.407 e. The van der Waals surface area contributed by atoms with Crippen molar-refractivity contribution in [3.8, 4) is 22.6 Å². The van der Waals surface area contributed by atoms with Crippen molar-refractivity contribution in [2.75, 3.05) is 37.7 Å². The minimum Gasteiger partial charge on any atom is -0.493 e. The highest BCUT2D eigenvalue weighted by Gasteiger charge is 2.30. The molecule has 1 aliphatic heterocycles. The van der Waals surface area contributed by atoms with E-state index in [1.165, 1.54) is 12.1 Å². The number of hydrogen-bond acceptors (Lipinski definition) is 7. The van der Waals surface area contributed by atoms with Crippen LogP contribution in [0.3, 0.4) is 0 Å². The number of nitrogens with one attached hydrogen (secondary N) is 1. The number of aromatic nitrogens is 2. The Labute approximate surface area is 338 Å². The molecule has 1 fully saturated rings. The summed E-state index contributed by atoms with van der Waals surface area (Å²) in [6.07, 6.45) is 2.76. The standard InChI is InChI=1S/C42H42ClFIN5O5/c1-4-12-28-13-7-9-17-35(28)50-36-24-30(32(43)23-31(36)40(47-41(50)52)49-21-20-48(25-27(49)3)38(51)5-2)39-33(44)15-10-18-37(39)54-22-11-19-46-42(53)55-26-29-14-6-8-16-34(29)45/h5-10,13-18,23-24,27H,2,4,11-12,19-22,25-26H2,1,3H3,(H,46,53)/t27-/m0/s1. The number of amides is 2. The number of para-hydroxylation sites is 1. The van der Waals surface area contributed by atoms with E-state index in [4.69, 9.17) is 21.1 Å². The molecule has 1 saturated heterocycles. The summed E-state index contributed by atoms with van der Waals surface area (Å²) in [5.41, 5.74) is 3.04. The number of nitrogens with zero attached hydrogens (tertiary/aromatic N) is 4. The molecule has 5 aromatic rings. The summed E-state index contributed by atoms with van der Waals surface area (Å²) in [5, 5.41) is 3.57. The van der Waals surface area contributed by atoms with Crippen molar-refractivity contribution in [3.63, 3.8) is 0 Å². The molecular formula is C42H42ClFIN5O5. The van der Waals surface area contributed by atoms with Crippen LogP contribution in [0.1, 0.15) is 37.8 Å². The van der Waals surface area contributed by atoms with Crippen LogP contribution in [0.5, 0.6) is 5.75 Å². The minimum atomic E-state index is -0.554. The first-order chi connectivity index (χ1) is 26.6. The molecule has 4 aromatic carbocycles. The Kier molecular flexibility index (Phi) is 13.1. The van der Waals surface area contributed by atoms with Crippen LogP contribution < -0.4 is 20.6 Å². The zero-order valence-electron chi connectivity index (χ0n) is 30.7. The van der Waals surface area contributed by atoms with Gasteiger partial charge in [0.2, 0.25) is 5.91 Å². The van der Waals surface area contributed by atoms with Crippen molar-refractivity contribution in [1.29, 1.82) is 0 Å². The normalized spacial score (nSPS) is 14.2. The van der Waals surface area contributed by atoms with Crippen molar-refractivity contribution in [2.24, 2.45) is 0 Å². The molecule has 2 amide bonds. The summed E-state index contributed by atoms with van der Waals surface area (Å²) in [6, 6.07) is 23.2. The Morgan fingerprint density at radius 2 is 1.84 bits per heavy atom. The maximum absolute atomic E-state index is 15.9. The second-order valence-corrected chi connectivity index (χ2v) is 14.8. The SMILES string of the molecule is C=CC(=O)N1CCN(c2nc(=O)n(-c3ccccc3CCC)c3cc(-c4c(F)cccc4OCCCNC(=O)OCc4ccccc4I)c(Cl)cc23)[C@@H](C)C1. The number of alkyl carbamates (subject to hydrolysis) is 1. The molecule has 55 heavy (non-hydrogen) atoms. The number of hydrogen-bond donors (Lipinski definition) is 1. The molecule has 0 unspecified atom stereocenters.